The Hall–Kier alpha value is -3.13. The Morgan fingerprint density at radius 2 is 1.91 bits per heavy atom. The first-order chi connectivity index (χ1) is 15.1. The van der Waals surface area contributed by atoms with Crippen molar-refractivity contribution < 1.29 is 14.3 Å². The van der Waals surface area contributed by atoms with E-state index in [1.807, 2.05) is 29.0 Å². The van der Waals surface area contributed by atoms with Gasteiger partial charge < -0.3 is 20.4 Å². The minimum atomic E-state index is -0.487. The van der Waals surface area contributed by atoms with Gasteiger partial charge in [-0.25, -0.2) is 4.98 Å². The summed E-state index contributed by atoms with van der Waals surface area (Å²) in [5.74, 6) is 0.204. The largest absolute Gasteiger partial charge is 0.486 e. The molecule has 0 saturated carbocycles. The van der Waals surface area contributed by atoms with E-state index in [2.05, 4.69) is 38.2 Å². The summed E-state index contributed by atoms with van der Waals surface area (Å²) in [7, 11) is 0. The zero-order valence-electron chi connectivity index (χ0n) is 19.2. The van der Waals surface area contributed by atoms with E-state index in [-0.39, 0.29) is 11.3 Å². The predicted octanol–water partition coefficient (Wildman–Crippen LogP) is 4.03. The molecule has 2 amide bonds. The number of rotatable bonds is 8. The van der Waals surface area contributed by atoms with Gasteiger partial charge in [-0.2, -0.15) is 0 Å². The van der Waals surface area contributed by atoms with Gasteiger partial charge in [0.15, 0.2) is 0 Å². The molecule has 3 rings (SSSR count). The van der Waals surface area contributed by atoms with Crippen molar-refractivity contribution in [3.8, 4) is 17.1 Å². The van der Waals surface area contributed by atoms with Crippen LogP contribution in [-0.4, -0.2) is 27.9 Å². The number of hydrogen-bond donors (Lipinski definition) is 2. The molecule has 0 saturated heterocycles. The standard InChI is InChI=1S/C24H30N4O3S/c1-15-19(23(25)30)12-21(28(15)11-10-26-16(2)29)20-14-32-22(27-20)13-31-18-8-6-17(7-9-18)24(3,4)5/h6-9,12,14H,10-11,13H2,1-5H3,(H2,25,30)(H,26,29). The van der Waals surface area contributed by atoms with Crippen LogP contribution >= 0.6 is 11.3 Å². The summed E-state index contributed by atoms with van der Waals surface area (Å²) in [6, 6.07) is 9.88. The monoisotopic (exact) mass is 454 g/mol. The smallest absolute Gasteiger partial charge is 0.250 e. The molecule has 170 valence electrons. The number of benzene rings is 1. The molecule has 3 N–H and O–H groups in total. The van der Waals surface area contributed by atoms with Gasteiger partial charge in [-0.3, -0.25) is 9.59 Å². The molecule has 0 aliphatic carbocycles. The van der Waals surface area contributed by atoms with Crippen LogP contribution < -0.4 is 15.8 Å². The second-order valence-electron chi connectivity index (χ2n) is 8.72. The molecule has 32 heavy (non-hydrogen) atoms. The highest BCUT2D eigenvalue weighted by molar-refractivity contribution is 7.09. The Morgan fingerprint density at radius 3 is 2.50 bits per heavy atom. The van der Waals surface area contributed by atoms with Gasteiger partial charge in [0, 0.05) is 31.1 Å². The summed E-state index contributed by atoms with van der Waals surface area (Å²) in [6.07, 6.45) is 0. The number of primary amides is 1. The third-order valence-electron chi connectivity index (χ3n) is 5.24. The highest BCUT2D eigenvalue weighted by Crippen LogP contribution is 2.28. The Labute approximate surface area is 192 Å². The van der Waals surface area contributed by atoms with Gasteiger partial charge >= 0.3 is 0 Å². The van der Waals surface area contributed by atoms with Crippen molar-refractivity contribution in [1.82, 2.24) is 14.9 Å². The van der Waals surface area contributed by atoms with E-state index in [4.69, 9.17) is 15.5 Å². The molecule has 8 heteroatoms. The van der Waals surface area contributed by atoms with Crippen LogP contribution in [0.25, 0.3) is 11.4 Å². The van der Waals surface area contributed by atoms with Crippen LogP contribution in [0.3, 0.4) is 0 Å². The Kier molecular flexibility index (Phi) is 7.03. The number of nitrogens with zero attached hydrogens (tertiary/aromatic N) is 2. The lowest BCUT2D eigenvalue weighted by Crippen LogP contribution is -2.25. The Bertz CT molecular complexity index is 1110. The van der Waals surface area contributed by atoms with Crippen molar-refractivity contribution in [1.29, 1.82) is 0 Å². The van der Waals surface area contributed by atoms with E-state index >= 15 is 0 Å². The van der Waals surface area contributed by atoms with Gasteiger partial charge in [0.2, 0.25) is 5.91 Å². The summed E-state index contributed by atoms with van der Waals surface area (Å²) >= 11 is 1.50. The molecular formula is C24H30N4O3S. The lowest BCUT2D eigenvalue weighted by molar-refractivity contribution is -0.118. The van der Waals surface area contributed by atoms with Crippen LogP contribution in [0.5, 0.6) is 5.75 Å². The van der Waals surface area contributed by atoms with Gasteiger partial charge in [0.1, 0.15) is 17.4 Å². The number of amides is 2. The van der Waals surface area contributed by atoms with Gasteiger partial charge in [-0.15, -0.1) is 11.3 Å². The van der Waals surface area contributed by atoms with Crippen molar-refractivity contribution in [2.24, 2.45) is 5.73 Å². The van der Waals surface area contributed by atoms with Crippen molar-refractivity contribution >= 4 is 23.2 Å². The first-order valence-corrected chi connectivity index (χ1v) is 11.4. The average Bonchev–Trinajstić information content (AvgIpc) is 3.31. The molecule has 0 radical (unpaired) electrons. The number of nitrogens with one attached hydrogen (secondary N) is 1. The van der Waals surface area contributed by atoms with E-state index in [9.17, 15) is 9.59 Å². The fourth-order valence-electron chi connectivity index (χ4n) is 3.43. The number of nitrogens with two attached hydrogens (primary N) is 1. The minimum absolute atomic E-state index is 0.0967. The van der Waals surface area contributed by atoms with E-state index < -0.39 is 5.91 Å². The lowest BCUT2D eigenvalue weighted by Gasteiger charge is -2.19. The van der Waals surface area contributed by atoms with E-state index in [1.165, 1.54) is 23.8 Å². The summed E-state index contributed by atoms with van der Waals surface area (Å²) in [5, 5.41) is 5.55. The summed E-state index contributed by atoms with van der Waals surface area (Å²) in [4.78, 5) is 27.8. The number of aromatic nitrogens is 2. The van der Waals surface area contributed by atoms with Crippen molar-refractivity contribution in [3.63, 3.8) is 0 Å². The molecule has 0 unspecified atom stereocenters. The normalized spacial score (nSPS) is 11.4. The predicted molar refractivity (Wildman–Crippen MR) is 127 cm³/mol. The Morgan fingerprint density at radius 1 is 1.22 bits per heavy atom. The second-order valence-corrected chi connectivity index (χ2v) is 9.66. The van der Waals surface area contributed by atoms with Crippen LogP contribution in [0, 0.1) is 6.92 Å². The maximum absolute atomic E-state index is 11.9. The quantitative estimate of drug-likeness (QED) is 0.537. The molecule has 7 nitrogen and oxygen atoms in total. The first-order valence-electron chi connectivity index (χ1n) is 10.5. The number of carbonyl (C=O) groups is 2. The molecule has 0 aliphatic heterocycles. The molecule has 0 fully saturated rings. The van der Waals surface area contributed by atoms with Crippen LogP contribution in [0.1, 0.15) is 54.3 Å². The number of carbonyl (C=O) groups excluding carboxylic acids is 2. The third-order valence-corrected chi connectivity index (χ3v) is 6.06. The van der Waals surface area contributed by atoms with Crippen LogP contribution in [0.15, 0.2) is 35.7 Å². The zero-order chi connectivity index (χ0) is 23.5. The lowest BCUT2D eigenvalue weighted by atomic mass is 9.87. The fourth-order valence-corrected chi connectivity index (χ4v) is 4.13. The van der Waals surface area contributed by atoms with E-state index in [0.717, 1.165) is 27.8 Å². The third kappa shape index (κ3) is 5.56. The molecule has 0 atom stereocenters. The van der Waals surface area contributed by atoms with E-state index in [1.54, 1.807) is 6.07 Å². The molecule has 2 heterocycles. The Balaban J connectivity index is 1.76. The fraction of sp³-hybridized carbons (Fsp3) is 0.375. The molecule has 0 spiro atoms. The molecule has 2 aromatic heterocycles. The van der Waals surface area contributed by atoms with Gasteiger partial charge in [0.25, 0.3) is 5.91 Å². The highest BCUT2D eigenvalue weighted by Gasteiger charge is 2.19. The van der Waals surface area contributed by atoms with Crippen molar-refractivity contribution in [2.45, 2.75) is 53.2 Å². The summed E-state index contributed by atoms with van der Waals surface area (Å²) in [5.41, 5.74) is 9.64. The van der Waals surface area contributed by atoms with Crippen molar-refractivity contribution in [2.75, 3.05) is 6.54 Å². The van der Waals surface area contributed by atoms with Crippen LogP contribution in [0.2, 0.25) is 0 Å². The van der Waals surface area contributed by atoms with Crippen LogP contribution in [-0.2, 0) is 23.4 Å². The number of ether oxygens (including phenoxy) is 1. The van der Waals surface area contributed by atoms with Gasteiger partial charge in [-0.1, -0.05) is 32.9 Å². The van der Waals surface area contributed by atoms with Crippen LogP contribution in [0.4, 0.5) is 0 Å². The molecule has 3 aromatic rings. The first kappa shape index (κ1) is 23.5. The maximum Gasteiger partial charge on any atom is 0.250 e. The molecule has 1 aromatic carbocycles. The molecule has 0 aliphatic rings. The zero-order valence-corrected chi connectivity index (χ0v) is 20.0. The van der Waals surface area contributed by atoms with E-state index in [0.29, 0.717) is 25.3 Å². The van der Waals surface area contributed by atoms with Gasteiger partial charge in [-0.05, 0) is 36.1 Å². The highest BCUT2D eigenvalue weighted by atomic mass is 32.1. The topological polar surface area (TPSA) is 99.2 Å². The molecule has 0 bridgehead atoms. The molecular weight excluding hydrogens is 424 g/mol. The number of hydrogen-bond acceptors (Lipinski definition) is 5. The van der Waals surface area contributed by atoms with Crippen molar-refractivity contribution in [3.05, 3.63) is 57.5 Å². The SMILES string of the molecule is CC(=O)NCCn1c(-c2csc(COc3ccc(C(C)(C)C)cc3)n2)cc(C(N)=O)c1C. The van der Waals surface area contributed by atoms with Gasteiger partial charge in [0.05, 0.1) is 17.0 Å². The number of thiazole rings is 1. The minimum Gasteiger partial charge on any atom is -0.486 e. The second kappa shape index (κ2) is 9.56. The maximum atomic E-state index is 11.9. The summed E-state index contributed by atoms with van der Waals surface area (Å²) in [6.45, 7) is 11.2. The average molecular weight is 455 g/mol. The summed E-state index contributed by atoms with van der Waals surface area (Å²) < 4.78 is 7.88.